The minimum atomic E-state index is -0.159. The number of benzene rings is 1. The second kappa shape index (κ2) is 5.14. The van der Waals surface area contributed by atoms with Gasteiger partial charge in [-0.2, -0.15) is 0 Å². The average molecular weight is 300 g/mol. The van der Waals surface area contributed by atoms with Crippen LogP contribution in [0.5, 0.6) is 0 Å². The van der Waals surface area contributed by atoms with Gasteiger partial charge >= 0.3 is 0 Å². The molecule has 0 atom stereocenters. The fourth-order valence-electron chi connectivity index (χ4n) is 2.15. The van der Waals surface area contributed by atoms with Crippen molar-refractivity contribution in [3.63, 3.8) is 0 Å². The third-order valence-electron chi connectivity index (χ3n) is 3.04. The molecule has 0 saturated heterocycles. The normalized spacial score (nSPS) is 10.8. The number of rotatable bonds is 3. The molecule has 3 aromatic rings. The molecule has 0 bridgehead atoms. The molecular weight excluding hydrogens is 288 g/mol. The summed E-state index contributed by atoms with van der Waals surface area (Å²) in [5.74, 6) is 0.750. The van der Waals surface area contributed by atoms with Crippen LogP contribution < -0.4 is 5.32 Å². The van der Waals surface area contributed by atoms with Gasteiger partial charge in [-0.1, -0.05) is 17.4 Å². The summed E-state index contributed by atoms with van der Waals surface area (Å²) in [6.07, 6.45) is 0.675. The van der Waals surface area contributed by atoms with Gasteiger partial charge in [-0.3, -0.25) is 9.59 Å². The lowest BCUT2D eigenvalue weighted by molar-refractivity contribution is -0.114. The number of hydrogen-bond acceptors (Lipinski definition) is 5. The second-order valence-electron chi connectivity index (χ2n) is 4.63. The van der Waals surface area contributed by atoms with Gasteiger partial charge < -0.3 is 9.73 Å². The number of nitrogens with one attached hydrogen (secondary N) is 1. The maximum Gasteiger partial charge on any atom is 0.223 e. The molecular formula is C15H12N2O3S. The van der Waals surface area contributed by atoms with Crippen LogP contribution in [0, 0.1) is 6.92 Å². The summed E-state index contributed by atoms with van der Waals surface area (Å²) in [4.78, 5) is 26.3. The number of hydrogen-bond donors (Lipinski definition) is 1. The summed E-state index contributed by atoms with van der Waals surface area (Å²) in [6, 6.07) is 7.25. The van der Waals surface area contributed by atoms with E-state index in [0.717, 1.165) is 21.3 Å². The maximum atomic E-state index is 11.2. The van der Waals surface area contributed by atoms with Crippen molar-refractivity contribution in [1.82, 2.24) is 4.98 Å². The van der Waals surface area contributed by atoms with E-state index >= 15 is 0 Å². The quantitative estimate of drug-likeness (QED) is 0.750. The molecule has 0 saturated carbocycles. The summed E-state index contributed by atoms with van der Waals surface area (Å²) in [5.41, 5.74) is 2.70. The van der Waals surface area contributed by atoms with Gasteiger partial charge in [0.15, 0.2) is 17.2 Å². The largest absolute Gasteiger partial charge is 0.453 e. The fourth-order valence-corrected chi connectivity index (χ4v) is 3.27. The van der Waals surface area contributed by atoms with E-state index < -0.39 is 0 Å². The van der Waals surface area contributed by atoms with Crippen LogP contribution >= 0.6 is 11.3 Å². The van der Waals surface area contributed by atoms with Crippen LogP contribution in [0.15, 0.2) is 28.7 Å². The highest BCUT2D eigenvalue weighted by Crippen LogP contribution is 2.37. The number of anilines is 1. The third kappa shape index (κ3) is 2.45. The first kappa shape index (κ1) is 13.5. The number of amides is 1. The minimum Gasteiger partial charge on any atom is -0.453 e. The lowest BCUT2D eigenvalue weighted by Gasteiger charge is -2.03. The van der Waals surface area contributed by atoms with E-state index in [4.69, 9.17) is 4.42 Å². The molecule has 21 heavy (non-hydrogen) atoms. The number of fused-ring (bicyclic) bond motifs is 1. The molecule has 5 nitrogen and oxygen atoms in total. The van der Waals surface area contributed by atoms with Crippen molar-refractivity contribution in [3.05, 3.63) is 35.6 Å². The molecule has 1 aromatic carbocycles. The molecule has 2 heterocycles. The molecule has 0 fully saturated rings. The molecule has 1 N–H and O–H groups in total. The van der Waals surface area contributed by atoms with E-state index in [1.807, 2.05) is 19.1 Å². The predicted octanol–water partition coefficient (Wildman–Crippen LogP) is 3.64. The van der Waals surface area contributed by atoms with Crippen LogP contribution in [0.1, 0.15) is 23.0 Å². The third-order valence-corrected chi connectivity index (χ3v) is 4.04. The molecule has 0 aliphatic heterocycles. The summed E-state index contributed by atoms with van der Waals surface area (Å²) in [7, 11) is 0. The van der Waals surface area contributed by atoms with E-state index in [1.165, 1.54) is 18.3 Å². The Morgan fingerprint density at radius 1 is 1.33 bits per heavy atom. The predicted molar refractivity (Wildman–Crippen MR) is 81.8 cm³/mol. The molecule has 106 valence electrons. The van der Waals surface area contributed by atoms with Gasteiger partial charge in [0.05, 0.1) is 10.2 Å². The fraction of sp³-hybridized carbons (Fsp3) is 0.133. The van der Waals surface area contributed by atoms with Gasteiger partial charge in [-0.05, 0) is 30.7 Å². The Labute approximate surface area is 124 Å². The Bertz CT molecular complexity index is 848. The van der Waals surface area contributed by atoms with Crippen molar-refractivity contribution >= 4 is 38.9 Å². The summed E-state index contributed by atoms with van der Waals surface area (Å²) in [5, 5.41) is 3.24. The zero-order valence-electron chi connectivity index (χ0n) is 11.5. The Kier molecular flexibility index (Phi) is 3.31. The monoisotopic (exact) mass is 300 g/mol. The van der Waals surface area contributed by atoms with Crippen molar-refractivity contribution in [2.75, 3.05) is 5.32 Å². The standard InChI is InChI=1S/C15H12N2O3S/c1-8-3-5-11-14(21-15(17-11)16-9(2)19)13(8)12-6-4-10(7-18)20-12/h3-7H,1-2H3,(H,16,17,19). The van der Waals surface area contributed by atoms with Crippen molar-refractivity contribution < 1.29 is 14.0 Å². The Morgan fingerprint density at radius 3 is 2.81 bits per heavy atom. The number of aryl methyl sites for hydroxylation is 1. The van der Waals surface area contributed by atoms with Crippen molar-refractivity contribution in [2.45, 2.75) is 13.8 Å². The molecule has 0 aliphatic carbocycles. The lowest BCUT2D eigenvalue weighted by atomic mass is 10.1. The number of carbonyl (C=O) groups excluding carboxylic acids is 2. The van der Waals surface area contributed by atoms with E-state index in [1.54, 1.807) is 12.1 Å². The van der Waals surface area contributed by atoms with Crippen LogP contribution in [0.3, 0.4) is 0 Å². The van der Waals surface area contributed by atoms with Crippen LogP contribution in [0.2, 0.25) is 0 Å². The molecule has 2 aromatic heterocycles. The number of aromatic nitrogens is 1. The lowest BCUT2D eigenvalue weighted by Crippen LogP contribution is -2.04. The highest BCUT2D eigenvalue weighted by molar-refractivity contribution is 7.22. The summed E-state index contributed by atoms with van der Waals surface area (Å²) >= 11 is 1.39. The van der Waals surface area contributed by atoms with Crippen LogP contribution in [0.25, 0.3) is 21.5 Å². The first-order chi connectivity index (χ1) is 10.1. The second-order valence-corrected chi connectivity index (χ2v) is 5.62. The number of carbonyl (C=O) groups is 2. The summed E-state index contributed by atoms with van der Waals surface area (Å²) in [6.45, 7) is 3.41. The number of furan rings is 1. The molecule has 3 rings (SSSR count). The highest BCUT2D eigenvalue weighted by Gasteiger charge is 2.15. The number of thiazole rings is 1. The molecule has 0 spiro atoms. The van der Waals surface area contributed by atoms with E-state index in [-0.39, 0.29) is 11.7 Å². The van der Waals surface area contributed by atoms with E-state index in [0.29, 0.717) is 17.2 Å². The van der Waals surface area contributed by atoms with Gasteiger partial charge in [0.1, 0.15) is 5.76 Å². The SMILES string of the molecule is CC(=O)Nc1nc2ccc(C)c(-c3ccc(C=O)o3)c2s1. The Balaban J connectivity index is 2.20. The number of aldehydes is 1. The van der Waals surface area contributed by atoms with E-state index in [9.17, 15) is 9.59 Å². The van der Waals surface area contributed by atoms with Crippen LogP contribution in [-0.4, -0.2) is 17.2 Å². The molecule has 1 amide bonds. The van der Waals surface area contributed by atoms with Gasteiger partial charge in [0.2, 0.25) is 5.91 Å². The van der Waals surface area contributed by atoms with Crippen molar-refractivity contribution in [1.29, 1.82) is 0 Å². The van der Waals surface area contributed by atoms with Gasteiger partial charge in [0, 0.05) is 12.5 Å². The van der Waals surface area contributed by atoms with Gasteiger partial charge in [0.25, 0.3) is 0 Å². The summed E-state index contributed by atoms with van der Waals surface area (Å²) < 4.78 is 6.44. The smallest absolute Gasteiger partial charge is 0.223 e. The maximum absolute atomic E-state index is 11.2. The zero-order valence-corrected chi connectivity index (χ0v) is 12.3. The topological polar surface area (TPSA) is 72.2 Å². The first-order valence-electron chi connectivity index (χ1n) is 6.31. The zero-order chi connectivity index (χ0) is 15.0. The van der Waals surface area contributed by atoms with Gasteiger partial charge in [-0.25, -0.2) is 4.98 Å². The van der Waals surface area contributed by atoms with Crippen molar-refractivity contribution in [2.24, 2.45) is 0 Å². The number of nitrogens with zero attached hydrogens (tertiary/aromatic N) is 1. The Hall–Kier alpha value is -2.47. The average Bonchev–Trinajstić information content (AvgIpc) is 3.04. The molecule has 0 aliphatic rings. The molecule has 6 heteroatoms. The van der Waals surface area contributed by atoms with Crippen LogP contribution in [0.4, 0.5) is 5.13 Å². The minimum absolute atomic E-state index is 0.159. The first-order valence-corrected chi connectivity index (χ1v) is 7.13. The van der Waals surface area contributed by atoms with Crippen molar-refractivity contribution in [3.8, 4) is 11.3 Å². The highest BCUT2D eigenvalue weighted by atomic mass is 32.1. The molecule has 0 radical (unpaired) electrons. The Morgan fingerprint density at radius 2 is 2.14 bits per heavy atom. The van der Waals surface area contributed by atoms with E-state index in [2.05, 4.69) is 10.3 Å². The van der Waals surface area contributed by atoms with Gasteiger partial charge in [-0.15, -0.1) is 0 Å². The van der Waals surface area contributed by atoms with Crippen LogP contribution in [-0.2, 0) is 4.79 Å². The molecule has 0 unspecified atom stereocenters.